The highest BCUT2D eigenvalue weighted by Crippen LogP contribution is 2.28. The molecule has 0 saturated carbocycles. The molecule has 1 atom stereocenters. The van der Waals surface area contributed by atoms with Crippen molar-refractivity contribution >= 4 is 40.2 Å². The van der Waals surface area contributed by atoms with E-state index in [0.717, 1.165) is 10.6 Å². The third-order valence-corrected chi connectivity index (χ3v) is 4.09. The number of hydrogen-bond donors (Lipinski definition) is 2. The van der Waals surface area contributed by atoms with Gasteiger partial charge in [0.15, 0.2) is 0 Å². The number of benzene rings is 1. The van der Waals surface area contributed by atoms with Crippen LogP contribution in [0.4, 0.5) is 11.4 Å². The van der Waals surface area contributed by atoms with Crippen molar-refractivity contribution in [2.75, 3.05) is 24.3 Å². The van der Waals surface area contributed by atoms with Crippen molar-refractivity contribution in [1.29, 1.82) is 0 Å². The van der Waals surface area contributed by atoms with Gasteiger partial charge in [0.05, 0.1) is 10.7 Å². The molecular weight excluding hydrogens is 294 g/mol. The molecule has 6 heteroatoms. The molecule has 1 unspecified atom stereocenters. The van der Waals surface area contributed by atoms with Crippen molar-refractivity contribution in [3.8, 4) is 0 Å². The Balaban J connectivity index is 2.10. The van der Waals surface area contributed by atoms with E-state index < -0.39 is 6.04 Å². The minimum absolute atomic E-state index is 0.249. The van der Waals surface area contributed by atoms with E-state index in [9.17, 15) is 4.79 Å². The number of carbonyl (C=O) groups excluding carboxylic acids is 1. The fourth-order valence-electron chi connectivity index (χ4n) is 1.76. The lowest BCUT2D eigenvalue weighted by atomic mass is 10.2. The van der Waals surface area contributed by atoms with Crippen LogP contribution in [0.2, 0.25) is 5.02 Å². The van der Waals surface area contributed by atoms with Gasteiger partial charge in [-0.05, 0) is 29.6 Å². The van der Waals surface area contributed by atoms with Gasteiger partial charge in [0.1, 0.15) is 6.04 Å². The number of anilines is 2. The number of nitrogens with zero attached hydrogens (tertiary/aromatic N) is 1. The number of hydrogen-bond acceptors (Lipinski definition) is 4. The van der Waals surface area contributed by atoms with Crippen LogP contribution in [0.1, 0.15) is 10.9 Å². The number of thiophene rings is 1. The van der Waals surface area contributed by atoms with Gasteiger partial charge in [-0.15, -0.1) is 11.3 Å². The maximum Gasteiger partial charge on any atom is 0.246 e. The minimum Gasteiger partial charge on any atom is -0.376 e. The molecule has 2 rings (SSSR count). The van der Waals surface area contributed by atoms with E-state index in [-0.39, 0.29) is 5.91 Å². The summed E-state index contributed by atoms with van der Waals surface area (Å²) in [6.45, 7) is 0. The van der Waals surface area contributed by atoms with Gasteiger partial charge in [-0.2, -0.15) is 0 Å². The molecule has 0 bridgehead atoms. The van der Waals surface area contributed by atoms with Crippen LogP contribution in [0.3, 0.4) is 0 Å². The van der Waals surface area contributed by atoms with Crippen molar-refractivity contribution in [3.63, 3.8) is 0 Å². The highest BCUT2D eigenvalue weighted by atomic mass is 35.5. The van der Waals surface area contributed by atoms with Gasteiger partial charge < -0.3 is 16.0 Å². The van der Waals surface area contributed by atoms with Crippen LogP contribution in [0, 0.1) is 0 Å². The molecule has 0 aliphatic carbocycles. The lowest BCUT2D eigenvalue weighted by molar-refractivity contribution is -0.117. The van der Waals surface area contributed by atoms with Gasteiger partial charge in [0.25, 0.3) is 0 Å². The molecule has 0 spiro atoms. The topological polar surface area (TPSA) is 58.4 Å². The molecule has 0 radical (unpaired) electrons. The molecule has 0 saturated heterocycles. The molecule has 0 aliphatic rings. The Morgan fingerprint density at radius 3 is 2.70 bits per heavy atom. The lowest BCUT2D eigenvalue weighted by Gasteiger charge is -2.16. The monoisotopic (exact) mass is 309 g/mol. The van der Waals surface area contributed by atoms with Crippen molar-refractivity contribution in [2.24, 2.45) is 5.73 Å². The van der Waals surface area contributed by atoms with Gasteiger partial charge in [0.2, 0.25) is 5.91 Å². The molecule has 4 nitrogen and oxygen atoms in total. The quantitative estimate of drug-likeness (QED) is 0.912. The fraction of sp³-hybridized carbons (Fsp3) is 0.214. The molecule has 1 amide bonds. The standard InChI is InChI=1S/C14H16ClN3OS/c1-18(2)11-6-5-9(8-10(11)15)17-14(19)13(16)12-4-3-7-20-12/h3-8,13H,16H2,1-2H3,(H,17,19). The first-order valence-electron chi connectivity index (χ1n) is 6.06. The first kappa shape index (κ1) is 14.8. The molecule has 20 heavy (non-hydrogen) atoms. The number of nitrogens with two attached hydrogens (primary N) is 1. The molecule has 1 heterocycles. The summed E-state index contributed by atoms with van der Waals surface area (Å²) in [7, 11) is 3.82. The second-order valence-corrected chi connectivity index (χ2v) is 5.93. The van der Waals surface area contributed by atoms with E-state index in [0.29, 0.717) is 10.7 Å². The third-order valence-electron chi connectivity index (χ3n) is 2.83. The van der Waals surface area contributed by atoms with E-state index in [4.69, 9.17) is 17.3 Å². The molecule has 106 valence electrons. The van der Waals surface area contributed by atoms with Gasteiger partial charge in [-0.25, -0.2) is 0 Å². The van der Waals surface area contributed by atoms with Crippen LogP contribution in [0.25, 0.3) is 0 Å². The number of halogens is 1. The molecular formula is C14H16ClN3OS. The first-order valence-corrected chi connectivity index (χ1v) is 7.31. The number of rotatable bonds is 4. The zero-order valence-corrected chi connectivity index (χ0v) is 12.8. The van der Waals surface area contributed by atoms with Crippen LogP contribution in [-0.4, -0.2) is 20.0 Å². The Morgan fingerprint density at radius 2 is 2.15 bits per heavy atom. The van der Waals surface area contributed by atoms with Crippen LogP contribution in [0.5, 0.6) is 0 Å². The smallest absolute Gasteiger partial charge is 0.246 e. The van der Waals surface area contributed by atoms with E-state index in [2.05, 4.69) is 5.32 Å². The van der Waals surface area contributed by atoms with Crippen molar-refractivity contribution < 1.29 is 4.79 Å². The predicted octanol–water partition coefficient (Wildman–Crippen LogP) is 3.11. The maximum atomic E-state index is 12.1. The maximum absolute atomic E-state index is 12.1. The van der Waals surface area contributed by atoms with Crippen molar-refractivity contribution in [1.82, 2.24) is 0 Å². The Kier molecular flexibility index (Phi) is 4.65. The second kappa shape index (κ2) is 6.26. The number of amides is 1. The summed E-state index contributed by atoms with van der Waals surface area (Å²) in [6.07, 6.45) is 0. The summed E-state index contributed by atoms with van der Waals surface area (Å²) in [5.74, 6) is -0.249. The molecule has 2 aromatic rings. The van der Waals surface area contributed by atoms with Crippen LogP contribution < -0.4 is 16.0 Å². The highest BCUT2D eigenvalue weighted by molar-refractivity contribution is 7.10. The number of nitrogens with one attached hydrogen (secondary N) is 1. The van der Waals surface area contributed by atoms with E-state index >= 15 is 0 Å². The summed E-state index contributed by atoms with van der Waals surface area (Å²) in [5.41, 5.74) is 7.44. The summed E-state index contributed by atoms with van der Waals surface area (Å²) in [4.78, 5) is 14.8. The Labute approximate surface area is 127 Å². The van der Waals surface area contributed by atoms with Gasteiger partial charge in [-0.3, -0.25) is 4.79 Å². The molecule has 0 fully saturated rings. The average Bonchev–Trinajstić information content (AvgIpc) is 2.91. The molecule has 3 N–H and O–H groups in total. The third kappa shape index (κ3) is 3.30. The van der Waals surface area contributed by atoms with E-state index in [1.807, 2.05) is 42.6 Å². The van der Waals surface area contributed by atoms with E-state index in [1.165, 1.54) is 11.3 Å². The minimum atomic E-state index is -0.665. The lowest BCUT2D eigenvalue weighted by Crippen LogP contribution is -2.27. The summed E-state index contributed by atoms with van der Waals surface area (Å²) < 4.78 is 0. The van der Waals surface area contributed by atoms with Gasteiger partial charge >= 0.3 is 0 Å². The second-order valence-electron chi connectivity index (χ2n) is 4.54. The van der Waals surface area contributed by atoms with Crippen molar-refractivity contribution in [2.45, 2.75) is 6.04 Å². The zero-order chi connectivity index (χ0) is 14.7. The average molecular weight is 310 g/mol. The van der Waals surface area contributed by atoms with Crippen LogP contribution in [-0.2, 0) is 4.79 Å². The van der Waals surface area contributed by atoms with Crippen molar-refractivity contribution in [3.05, 3.63) is 45.6 Å². The Morgan fingerprint density at radius 1 is 1.40 bits per heavy atom. The summed E-state index contributed by atoms with van der Waals surface area (Å²) >= 11 is 7.63. The Bertz CT molecular complexity index is 598. The SMILES string of the molecule is CN(C)c1ccc(NC(=O)C(N)c2cccs2)cc1Cl. The number of carbonyl (C=O) groups is 1. The fourth-order valence-corrected chi connectivity index (χ4v) is 2.84. The summed E-state index contributed by atoms with van der Waals surface area (Å²) in [5, 5.41) is 5.25. The predicted molar refractivity (Wildman–Crippen MR) is 85.7 cm³/mol. The van der Waals surface area contributed by atoms with Gasteiger partial charge in [-0.1, -0.05) is 17.7 Å². The largest absolute Gasteiger partial charge is 0.376 e. The highest BCUT2D eigenvalue weighted by Gasteiger charge is 2.17. The summed E-state index contributed by atoms with van der Waals surface area (Å²) in [6, 6.07) is 8.43. The zero-order valence-electron chi connectivity index (χ0n) is 11.3. The molecule has 1 aromatic carbocycles. The first-order chi connectivity index (χ1) is 9.49. The van der Waals surface area contributed by atoms with Crippen LogP contribution in [0.15, 0.2) is 35.7 Å². The van der Waals surface area contributed by atoms with E-state index in [1.54, 1.807) is 12.1 Å². The Hall–Kier alpha value is -1.56. The van der Waals surface area contributed by atoms with Crippen LogP contribution >= 0.6 is 22.9 Å². The van der Waals surface area contributed by atoms with Gasteiger partial charge in [0, 0.05) is 24.7 Å². The normalized spacial score (nSPS) is 12.0. The molecule has 1 aromatic heterocycles. The molecule has 0 aliphatic heterocycles.